The first-order valence-electron chi connectivity index (χ1n) is 5.13. The van der Waals surface area contributed by atoms with Gasteiger partial charge < -0.3 is 21.3 Å². The van der Waals surface area contributed by atoms with Crippen LogP contribution in [0.1, 0.15) is 0 Å². The van der Waals surface area contributed by atoms with E-state index in [-0.39, 0.29) is 6.03 Å². The van der Waals surface area contributed by atoms with Crippen molar-refractivity contribution in [3.8, 4) is 0 Å². The van der Waals surface area contributed by atoms with Gasteiger partial charge in [-0.2, -0.15) is 0 Å². The van der Waals surface area contributed by atoms with Gasteiger partial charge in [-0.05, 0) is 32.3 Å². The molecular formula is C11H18N4O. The van der Waals surface area contributed by atoms with Gasteiger partial charge in [-0.15, -0.1) is 0 Å². The molecule has 1 aromatic carbocycles. The number of rotatable bonds is 4. The predicted octanol–water partition coefficient (Wildman–Crippen LogP) is 0.952. The van der Waals surface area contributed by atoms with Crippen molar-refractivity contribution in [2.24, 2.45) is 0 Å². The first kappa shape index (κ1) is 12.3. The van der Waals surface area contributed by atoms with E-state index in [1.165, 1.54) is 0 Å². The molecule has 0 aliphatic heterocycles. The normalized spacial score (nSPS) is 10.2. The Bertz CT molecular complexity index is 352. The van der Waals surface area contributed by atoms with Crippen LogP contribution >= 0.6 is 0 Å². The third-order valence-electron chi connectivity index (χ3n) is 1.99. The van der Waals surface area contributed by atoms with Crippen molar-refractivity contribution in [1.82, 2.24) is 10.2 Å². The second-order valence-electron chi connectivity index (χ2n) is 3.81. The average Bonchev–Trinajstić information content (AvgIpc) is 2.16. The molecule has 5 heteroatoms. The van der Waals surface area contributed by atoms with E-state index in [9.17, 15) is 4.79 Å². The summed E-state index contributed by atoms with van der Waals surface area (Å²) in [6.45, 7) is 1.42. The molecule has 0 saturated carbocycles. The highest BCUT2D eigenvalue weighted by Crippen LogP contribution is 2.11. The minimum atomic E-state index is -0.215. The van der Waals surface area contributed by atoms with E-state index in [2.05, 4.69) is 10.6 Å². The smallest absolute Gasteiger partial charge is 0.319 e. The van der Waals surface area contributed by atoms with Gasteiger partial charge in [-0.25, -0.2) is 4.79 Å². The minimum absolute atomic E-state index is 0.215. The molecule has 0 aliphatic carbocycles. The van der Waals surface area contributed by atoms with E-state index in [0.717, 1.165) is 6.54 Å². The Balaban J connectivity index is 2.34. The van der Waals surface area contributed by atoms with Crippen LogP contribution in [0.3, 0.4) is 0 Å². The molecule has 0 unspecified atom stereocenters. The van der Waals surface area contributed by atoms with Gasteiger partial charge in [-0.1, -0.05) is 6.07 Å². The number of nitrogen functional groups attached to an aromatic ring is 1. The SMILES string of the molecule is CN(C)CCNC(=O)Nc1cccc(N)c1. The Kier molecular flexibility index (Phi) is 4.60. The fourth-order valence-electron chi connectivity index (χ4n) is 1.18. The third kappa shape index (κ3) is 4.65. The first-order valence-corrected chi connectivity index (χ1v) is 5.13. The number of nitrogens with two attached hydrogens (primary N) is 1. The largest absolute Gasteiger partial charge is 0.399 e. The number of amides is 2. The van der Waals surface area contributed by atoms with Gasteiger partial charge >= 0.3 is 6.03 Å². The molecule has 0 aliphatic rings. The highest BCUT2D eigenvalue weighted by atomic mass is 16.2. The van der Waals surface area contributed by atoms with Crippen LogP contribution in [-0.2, 0) is 0 Å². The number of benzene rings is 1. The van der Waals surface area contributed by atoms with Gasteiger partial charge in [0, 0.05) is 24.5 Å². The summed E-state index contributed by atoms with van der Waals surface area (Å²) in [5, 5.41) is 5.46. The van der Waals surface area contributed by atoms with Crippen molar-refractivity contribution in [2.75, 3.05) is 38.2 Å². The number of hydrogen-bond acceptors (Lipinski definition) is 3. The van der Waals surface area contributed by atoms with Crippen LogP contribution in [0.4, 0.5) is 16.2 Å². The Labute approximate surface area is 95.6 Å². The fraction of sp³-hybridized carbons (Fsp3) is 0.364. The number of nitrogens with zero attached hydrogens (tertiary/aromatic N) is 1. The summed E-state index contributed by atoms with van der Waals surface area (Å²) in [5.41, 5.74) is 6.92. The molecule has 0 heterocycles. The molecule has 0 spiro atoms. The van der Waals surface area contributed by atoms with Crippen molar-refractivity contribution < 1.29 is 4.79 Å². The lowest BCUT2D eigenvalue weighted by molar-refractivity contribution is 0.250. The number of carbonyl (C=O) groups is 1. The molecule has 0 fully saturated rings. The molecule has 1 rings (SSSR count). The molecule has 0 aromatic heterocycles. The highest BCUT2D eigenvalue weighted by molar-refractivity contribution is 5.89. The number of urea groups is 1. The molecule has 4 N–H and O–H groups in total. The maximum Gasteiger partial charge on any atom is 0.319 e. The standard InChI is InChI=1S/C11H18N4O/c1-15(2)7-6-13-11(16)14-10-5-3-4-9(12)8-10/h3-5,8H,6-7,12H2,1-2H3,(H2,13,14,16). The summed E-state index contributed by atoms with van der Waals surface area (Å²) in [5.74, 6) is 0. The molecule has 5 nitrogen and oxygen atoms in total. The van der Waals surface area contributed by atoms with Gasteiger partial charge in [0.15, 0.2) is 0 Å². The molecule has 88 valence electrons. The zero-order chi connectivity index (χ0) is 12.0. The summed E-state index contributed by atoms with van der Waals surface area (Å²) < 4.78 is 0. The van der Waals surface area contributed by atoms with Crippen molar-refractivity contribution in [3.05, 3.63) is 24.3 Å². The van der Waals surface area contributed by atoms with Crippen molar-refractivity contribution >= 4 is 17.4 Å². The second kappa shape index (κ2) is 5.97. The zero-order valence-corrected chi connectivity index (χ0v) is 9.66. The number of nitrogens with one attached hydrogen (secondary N) is 2. The Morgan fingerprint density at radius 3 is 2.81 bits per heavy atom. The molecule has 0 atom stereocenters. The predicted molar refractivity (Wildman–Crippen MR) is 66.4 cm³/mol. The van der Waals surface area contributed by atoms with Gasteiger partial charge in [0.05, 0.1) is 0 Å². The molecule has 1 aromatic rings. The van der Waals surface area contributed by atoms with Crippen molar-refractivity contribution in [1.29, 1.82) is 0 Å². The molecule has 0 saturated heterocycles. The Morgan fingerprint density at radius 2 is 2.19 bits per heavy atom. The highest BCUT2D eigenvalue weighted by Gasteiger charge is 2.00. The number of carbonyl (C=O) groups excluding carboxylic acids is 1. The lowest BCUT2D eigenvalue weighted by Gasteiger charge is -2.11. The molecule has 0 radical (unpaired) electrons. The van der Waals surface area contributed by atoms with E-state index in [0.29, 0.717) is 17.9 Å². The summed E-state index contributed by atoms with van der Waals surface area (Å²) in [4.78, 5) is 13.4. The van der Waals surface area contributed by atoms with Crippen molar-refractivity contribution in [3.63, 3.8) is 0 Å². The second-order valence-corrected chi connectivity index (χ2v) is 3.81. The van der Waals surface area contributed by atoms with E-state index < -0.39 is 0 Å². The number of likely N-dealkylation sites (N-methyl/N-ethyl adjacent to an activating group) is 1. The first-order chi connectivity index (χ1) is 7.58. The fourth-order valence-corrected chi connectivity index (χ4v) is 1.18. The van der Waals surface area contributed by atoms with Crippen LogP contribution in [0.25, 0.3) is 0 Å². The zero-order valence-electron chi connectivity index (χ0n) is 9.66. The van der Waals surface area contributed by atoms with Crippen molar-refractivity contribution in [2.45, 2.75) is 0 Å². The van der Waals surface area contributed by atoms with Crippen LogP contribution < -0.4 is 16.4 Å². The maximum absolute atomic E-state index is 11.4. The Hall–Kier alpha value is -1.75. The number of anilines is 2. The lowest BCUT2D eigenvalue weighted by atomic mass is 10.3. The van der Waals surface area contributed by atoms with Crippen LogP contribution in [-0.4, -0.2) is 38.1 Å². The van der Waals surface area contributed by atoms with Crippen LogP contribution in [0.5, 0.6) is 0 Å². The topological polar surface area (TPSA) is 70.4 Å². The average molecular weight is 222 g/mol. The van der Waals surface area contributed by atoms with E-state index in [1.54, 1.807) is 24.3 Å². The summed E-state index contributed by atoms with van der Waals surface area (Å²) in [7, 11) is 3.91. The van der Waals surface area contributed by atoms with E-state index >= 15 is 0 Å². The minimum Gasteiger partial charge on any atom is -0.399 e. The molecule has 16 heavy (non-hydrogen) atoms. The monoisotopic (exact) mass is 222 g/mol. The molecular weight excluding hydrogens is 204 g/mol. The molecule has 2 amide bonds. The summed E-state index contributed by atoms with van der Waals surface area (Å²) in [6, 6.07) is 6.86. The van der Waals surface area contributed by atoms with E-state index in [4.69, 9.17) is 5.73 Å². The summed E-state index contributed by atoms with van der Waals surface area (Å²) in [6.07, 6.45) is 0. The van der Waals surface area contributed by atoms with Crippen LogP contribution in [0.15, 0.2) is 24.3 Å². The van der Waals surface area contributed by atoms with Crippen LogP contribution in [0, 0.1) is 0 Å². The lowest BCUT2D eigenvalue weighted by Crippen LogP contribution is -2.34. The van der Waals surface area contributed by atoms with Gasteiger partial charge in [-0.3, -0.25) is 0 Å². The van der Waals surface area contributed by atoms with Gasteiger partial charge in [0.25, 0.3) is 0 Å². The third-order valence-corrected chi connectivity index (χ3v) is 1.99. The Morgan fingerprint density at radius 1 is 1.44 bits per heavy atom. The van der Waals surface area contributed by atoms with Gasteiger partial charge in [0.2, 0.25) is 0 Å². The molecule has 0 bridgehead atoms. The van der Waals surface area contributed by atoms with Gasteiger partial charge in [0.1, 0.15) is 0 Å². The van der Waals surface area contributed by atoms with Crippen LogP contribution in [0.2, 0.25) is 0 Å². The van der Waals surface area contributed by atoms with E-state index in [1.807, 2.05) is 19.0 Å². The summed E-state index contributed by atoms with van der Waals surface area (Å²) >= 11 is 0. The quantitative estimate of drug-likeness (QED) is 0.664. The maximum atomic E-state index is 11.4. The number of hydrogen-bond donors (Lipinski definition) is 3.